The van der Waals surface area contributed by atoms with Crippen molar-refractivity contribution < 1.29 is 0 Å². The van der Waals surface area contributed by atoms with Gasteiger partial charge in [-0.15, -0.1) is 0 Å². The van der Waals surface area contributed by atoms with E-state index in [1.165, 1.54) is 18.5 Å². The van der Waals surface area contributed by atoms with Crippen LogP contribution in [0.3, 0.4) is 0 Å². The number of aromatic nitrogens is 3. The molecule has 0 saturated carbocycles. The van der Waals surface area contributed by atoms with Gasteiger partial charge in [-0.25, -0.2) is 0 Å². The van der Waals surface area contributed by atoms with E-state index in [2.05, 4.69) is 9.97 Å². The van der Waals surface area contributed by atoms with E-state index in [4.69, 9.17) is 5.26 Å². The first kappa shape index (κ1) is 17.2. The summed E-state index contributed by atoms with van der Waals surface area (Å²) in [6, 6.07) is 8.80. The van der Waals surface area contributed by atoms with Gasteiger partial charge in [0.2, 0.25) is 10.9 Å². The topological polar surface area (TPSA) is 129 Å². The average Bonchev–Trinajstić information content (AvgIpc) is 2.96. The van der Waals surface area contributed by atoms with Crippen LogP contribution in [0.4, 0.5) is 0 Å². The minimum Gasteiger partial charge on any atom is -0.355 e. The molecule has 28 heavy (non-hydrogen) atoms. The van der Waals surface area contributed by atoms with Crippen molar-refractivity contribution in [1.29, 1.82) is 5.26 Å². The van der Waals surface area contributed by atoms with Crippen LogP contribution in [-0.2, 0) is 6.54 Å². The first-order chi connectivity index (χ1) is 13.5. The van der Waals surface area contributed by atoms with Crippen LogP contribution in [0.25, 0.3) is 27.9 Å². The van der Waals surface area contributed by atoms with Gasteiger partial charge < -0.3 is 9.97 Å². The lowest BCUT2D eigenvalue weighted by Crippen LogP contribution is -2.27. The fourth-order valence-electron chi connectivity index (χ4n) is 3.25. The summed E-state index contributed by atoms with van der Waals surface area (Å²) in [5, 5.41) is 7.82. The molecule has 136 valence electrons. The number of nitriles is 1. The number of nitrogens with zero attached hydrogens (tertiary/aromatic N) is 2. The Hall–Kier alpha value is -4.25. The van der Waals surface area contributed by atoms with Gasteiger partial charge in [-0.3, -0.25) is 23.7 Å². The molecule has 0 aliphatic heterocycles. The first-order valence-corrected chi connectivity index (χ1v) is 8.30. The summed E-state index contributed by atoms with van der Waals surface area (Å²) in [4.78, 5) is 56.2. The zero-order chi connectivity index (χ0) is 19.8. The van der Waals surface area contributed by atoms with Crippen LogP contribution in [0, 0.1) is 11.3 Å². The van der Waals surface area contributed by atoms with Crippen molar-refractivity contribution in [2.75, 3.05) is 0 Å². The number of nitrogens with one attached hydrogen (secondary N) is 2. The Morgan fingerprint density at radius 1 is 0.964 bits per heavy atom. The maximum absolute atomic E-state index is 12.8. The van der Waals surface area contributed by atoms with Gasteiger partial charge in [0.25, 0.3) is 11.1 Å². The predicted octanol–water partition coefficient (Wildman–Crippen LogP) is 0.914. The summed E-state index contributed by atoms with van der Waals surface area (Å²) >= 11 is 0. The molecule has 0 saturated heterocycles. The lowest BCUT2D eigenvalue weighted by atomic mass is 10.1. The quantitative estimate of drug-likeness (QED) is 0.517. The van der Waals surface area contributed by atoms with Crippen molar-refractivity contribution >= 4 is 27.9 Å². The van der Waals surface area contributed by atoms with E-state index in [0.717, 1.165) is 10.1 Å². The molecule has 2 aromatic carbocycles. The fraction of sp³-hybridized carbons (Fsp3) is 0.0500. The van der Waals surface area contributed by atoms with Crippen molar-refractivity contribution in [1.82, 2.24) is 14.5 Å². The van der Waals surface area contributed by atoms with Gasteiger partial charge in [0.1, 0.15) is 21.8 Å². The van der Waals surface area contributed by atoms with Gasteiger partial charge in [0.15, 0.2) is 0 Å². The van der Waals surface area contributed by atoms with Crippen LogP contribution in [0.15, 0.2) is 61.9 Å². The Morgan fingerprint density at radius 2 is 1.57 bits per heavy atom. The van der Waals surface area contributed by atoms with Crippen LogP contribution in [-0.4, -0.2) is 14.5 Å². The lowest BCUT2D eigenvalue weighted by Gasteiger charge is -2.02. The standard InChI is InChI=1S/C20H12N4O4/c21-6-2-5-11-3-1-4-12(9-11)10-24-19(27)13-14(20(24)28)18(26)16-15(17(13)25)22-7-8-23-16/h1-5,7-9,22-23H,10H2/b5-2+. The molecule has 0 spiro atoms. The third kappa shape index (κ3) is 2.54. The molecule has 2 aromatic heterocycles. The van der Waals surface area contributed by atoms with Crippen LogP contribution < -0.4 is 22.0 Å². The van der Waals surface area contributed by atoms with Crippen LogP contribution in [0.1, 0.15) is 11.1 Å². The number of rotatable bonds is 3. The summed E-state index contributed by atoms with van der Waals surface area (Å²) < 4.78 is 0.888. The highest BCUT2D eigenvalue weighted by Gasteiger charge is 2.22. The number of fused-ring (bicyclic) bond motifs is 2. The molecule has 0 unspecified atom stereocenters. The van der Waals surface area contributed by atoms with Gasteiger partial charge >= 0.3 is 0 Å². The summed E-state index contributed by atoms with van der Waals surface area (Å²) in [7, 11) is 0. The highest BCUT2D eigenvalue weighted by atomic mass is 16.2. The molecular weight excluding hydrogens is 360 g/mol. The van der Waals surface area contributed by atoms with Gasteiger partial charge in [0, 0.05) is 18.5 Å². The minimum absolute atomic E-state index is 0.0436. The van der Waals surface area contributed by atoms with E-state index in [0.29, 0.717) is 5.56 Å². The third-order valence-corrected chi connectivity index (χ3v) is 4.51. The van der Waals surface area contributed by atoms with E-state index < -0.39 is 32.7 Å². The Balaban J connectivity index is 1.97. The van der Waals surface area contributed by atoms with E-state index in [1.807, 2.05) is 6.07 Å². The Morgan fingerprint density at radius 3 is 2.14 bits per heavy atom. The van der Waals surface area contributed by atoms with Gasteiger partial charge in [-0.2, -0.15) is 5.26 Å². The molecule has 0 aliphatic rings. The maximum Gasteiger partial charge on any atom is 0.266 e. The molecule has 0 aliphatic carbocycles. The molecule has 0 bridgehead atoms. The molecule has 0 atom stereocenters. The zero-order valence-corrected chi connectivity index (χ0v) is 14.4. The normalized spacial score (nSPS) is 11.4. The van der Waals surface area contributed by atoms with E-state index in [9.17, 15) is 19.2 Å². The highest BCUT2D eigenvalue weighted by molar-refractivity contribution is 5.94. The third-order valence-electron chi connectivity index (χ3n) is 4.51. The molecule has 8 nitrogen and oxygen atoms in total. The Bertz CT molecular complexity index is 1450. The Labute approximate surface area is 156 Å². The maximum atomic E-state index is 12.8. The van der Waals surface area contributed by atoms with E-state index >= 15 is 0 Å². The summed E-state index contributed by atoms with van der Waals surface area (Å²) in [6.07, 6.45) is 5.76. The highest BCUT2D eigenvalue weighted by Crippen LogP contribution is 2.09. The molecular formula is C20H12N4O4. The summed E-state index contributed by atoms with van der Waals surface area (Å²) in [5.41, 5.74) is -1.70. The second-order valence-electron chi connectivity index (χ2n) is 6.18. The van der Waals surface area contributed by atoms with Crippen molar-refractivity contribution in [2.45, 2.75) is 6.54 Å². The van der Waals surface area contributed by atoms with Gasteiger partial charge in [-0.1, -0.05) is 18.2 Å². The van der Waals surface area contributed by atoms with Gasteiger partial charge in [-0.05, 0) is 23.3 Å². The average molecular weight is 372 g/mol. The first-order valence-electron chi connectivity index (χ1n) is 8.30. The molecule has 8 heteroatoms. The van der Waals surface area contributed by atoms with E-state index in [-0.39, 0.29) is 17.6 Å². The molecule has 0 fully saturated rings. The van der Waals surface area contributed by atoms with Gasteiger partial charge in [0.05, 0.1) is 12.6 Å². The molecule has 0 amide bonds. The number of allylic oxidation sites excluding steroid dienone is 1. The van der Waals surface area contributed by atoms with Crippen molar-refractivity contribution in [3.05, 3.63) is 95.0 Å². The van der Waals surface area contributed by atoms with Crippen LogP contribution >= 0.6 is 0 Å². The second kappa shape index (κ2) is 6.48. The second-order valence-corrected chi connectivity index (χ2v) is 6.18. The van der Waals surface area contributed by atoms with Crippen molar-refractivity contribution in [3.8, 4) is 6.07 Å². The Kier molecular flexibility index (Phi) is 3.98. The minimum atomic E-state index is -0.792. The zero-order valence-electron chi connectivity index (χ0n) is 14.4. The summed E-state index contributed by atoms with van der Waals surface area (Å²) in [5.74, 6) is 0. The molecule has 4 aromatic rings. The number of H-pyrrole nitrogens is 2. The number of aromatic amines is 2. The SMILES string of the molecule is N#C/C=C/c1cccc(Cn2c(=O)c3c(=O)c4[nH]cc[nH]c4c(=O)c3c2=O)c1. The van der Waals surface area contributed by atoms with Crippen LogP contribution in [0.5, 0.6) is 0 Å². The molecule has 0 radical (unpaired) electrons. The number of hydrogen-bond acceptors (Lipinski definition) is 5. The monoisotopic (exact) mass is 372 g/mol. The molecule has 2 heterocycles. The summed E-state index contributed by atoms with van der Waals surface area (Å²) in [6.45, 7) is -0.0940. The molecule has 4 rings (SSSR count). The smallest absolute Gasteiger partial charge is 0.266 e. The largest absolute Gasteiger partial charge is 0.355 e. The van der Waals surface area contributed by atoms with E-state index in [1.54, 1.807) is 30.3 Å². The predicted molar refractivity (Wildman–Crippen MR) is 105 cm³/mol. The van der Waals surface area contributed by atoms with Crippen LogP contribution in [0.2, 0.25) is 0 Å². The number of hydrogen-bond donors (Lipinski definition) is 2. The van der Waals surface area contributed by atoms with Crippen molar-refractivity contribution in [2.24, 2.45) is 0 Å². The lowest BCUT2D eigenvalue weighted by molar-refractivity contribution is 0.754. The van der Waals surface area contributed by atoms with Crippen molar-refractivity contribution in [3.63, 3.8) is 0 Å². The molecule has 2 N–H and O–H groups in total. The number of benzene rings is 2. The fourth-order valence-corrected chi connectivity index (χ4v) is 3.25.